The molecule has 28 heavy (non-hydrogen) atoms. The van der Waals surface area contributed by atoms with Crippen LogP contribution in [0.15, 0.2) is 66.4 Å². The average Bonchev–Trinajstić information content (AvgIpc) is 3.01. The average molecular weight is 395 g/mol. The minimum absolute atomic E-state index is 0.202. The maximum atomic E-state index is 13.1. The van der Waals surface area contributed by atoms with Gasteiger partial charge in [0.15, 0.2) is 5.76 Å². The molecule has 0 bridgehead atoms. The highest BCUT2D eigenvalue weighted by Crippen LogP contribution is 2.39. The summed E-state index contributed by atoms with van der Waals surface area (Å²) in [4.78, 5) is 12.6. The van der Waals surface area contributed by atoms with Crippen LogP contribution in [0.4, 0.5) is 4.39 Å². The van der Waals surface area contributed by atoms with Gasteiger partial charge in [0, 0.05) is 10.6 Å². The molecule has 0 fully saturated rings. The predicted octanol–water partition coefficient (Wildman–Crippen LogP) is 5.98. The molecule has 3 aromatic rings. The Morgan fingerprint density at radius 2 is 1.75 bits per heavy atom. The van der Waals surface area contributed by atoms with Gasteiger partial charge in [-0.3, -0.25) is 4.79 Å². The summed E-state index contributed by atoms with van der Waals surface area (Å²) in [6, 6.07) is 16.8. The number of ketones is 1. The van der Waals surface area contributed by atoms with Crippen LogP contribution in [-0.4, -0.2) is 5.78 Å². The molecular formula is C23H16ClFO3. The highest BCUT2D eigenvalue weighted by molar-refractivity contribution is 6.30. The molecule has 0 radical (unpaired) electrons. The maximum Gasteiger partial charge on any atom is 0.231 e. The smallest absolute Gasteiger partial charge is 0.231 e. The van der Waals surface area contributed by atoms with Gasteiger partial charge in [-0.25, -0.2) is 4.39 Å². The van der Waals surface area contributed by atoms with Crippen LogP contribution in [0, 0.1) is 12.7 Å². The predicted molar refractivity (Wildman–Crippen MR) is 106 cm³/mol. The van der Waals surface area contributed by atoms with Gasteiger partial charge in [-0.1, -0.05) is 35.9 Å². The fraction of sp³-hybridized carbons (Fsp3) is 0.0870. The Bertz CT molecular complexity index is 1070. The van der Waals surface area contributed by atoms with Gasteiger partial charge < -0.3 is 9.47 Å². The van der Waals surface area contributed by atoms with Crippen molar-refractivity contribution >= 4 is 23.5 Å². The van der Waals surface area contributed by atoms with Crippen LogP contribution >= 0.6 is 11.6 Å². The molecule has 0 saturated heterocycles. The molecule has 1 aliphatic rings. The summed E-state index contributed by atoms with van der Waals surface area (Å²) >= 11 is 5.90. The van der Waals surface area contributed by atoms with Gasteiger partial charge in [0.05, 0.1) is 5.56 Å². The number of rotatable bonds is 4. The number of hydrogen-bond donors (Lipinski definition) is 0. The van der Waals surface area contributed by atoms with Gasteiger partial charge in [0.2, 0.25) is 5.78 Å². The zero-order valence-electron chi connectivity index (χ0n) is 15.0. The minimum atomic E-state index is -0.331. The summed E-state index contributed by atoms with van der Waals surface area (Å²) in [7, 11) is 0. The van der Waals surface area contributed by atoms with E-state index in [9.17, 15) is 9.18 Å². The monoisotopic (exact) mass is 394 g/mol. The van der Waals surface area contributed by atoms with E-state index in [1.54, 1.807) is 30.3 Å². The number of allylic oxidation sites excluding steroid dienone is 1. The lowest BCUT2D eigenvalue weighted by atomic mass is 10.1. The van der Waals surface area contributed by atoms with Gasteiger partial charge in [-0.05, 0) is 60.5 Å². The van der Waals surface area contributed by atoms with E-state index in [2.05, 4.69) is 0 Å². The van der Waals surface area contributed by atoms with Crippen molar-refractivity contribution < 1.29 is 18.7 Å². The number of Topliss-reactive ketones (excluding diaryl/α,β-unsaturated/α-hetero) is 1. The Morgan fingerprint density at radius 1 is 1.04 bits per heavy atom. The number of halogens is 2. The van der Waals surface area contributed by atoms with Gasteiger partial charge in [0.25, 0.3) is 0 Å². The van der Waals surface area contributed by atoms with E-state index in [0.29, 0.717) is 34.3 Å². The summed E-state index contributed by atoms with van der Waals surface area (Å²) in [5.74, 6) is 0.810. The standard InChI is InChI=1S/C23H16ClFO3/c1-14-20(27-13-16-2-6-17(24)7-3-16)11-10-19-22(26)21(28-23(14)19)12-15-4-8-18(25)9-5-15/h2-12H,13H2,1H3/b21-12-. The van der Waals surface area contributed by atoms with E-state index >= 15 is 0 Å². The van der Waals surface area contributed by atoms with Crippen LogP contribution in [0.2, 0.25) is 5.02 Å². The highest BCUT2D eigenvalue weighted by Gasteiger charge is 2.30. The maximum absolute atomic E-state index is 13.1. The molecule has 3 aromatic carbocycles. The van der Waals surface area contributed by atoms with Crippen molar-refractivity contribution in [1.82, 2.24) is 0 Å². The van der Waals surface area contributed by atoms with Crippen molar-refractivity contribution in [2.75, 3.05) is 0 Å². The molecule has 5 heteroatoms. The van der Waals surface area contributed by atoms with Crippen molar-refractivity contribution in [2.24, 2.45) is 0 Å². The number of benzene rings is 3. The van der Waals surface area contributed by atoms with E-state index in [4.69, 9.17) is 21.1 Å². The number of ether oxygens (including phenoxy) is 2. The van der Waals surface area contributed by atoms with E-state index in [1.807, 2.05) is 31.2 Å². The molecule has 140 valence electrons. The van der Waals surface area contributed by atoms with Gasteiger partial charge in [-0.2, -0.15) is 0 Å². The Balaban J connectivity index is 1.56. The Hall–Kier alpha value is -3.11. The second-order valence-corrected chi connectivity index (χ2v) is 6.91. The third kappa shape index (κ3) is 3.64. The molecule has 0 aliphatic carbocycles. The molecule has 0 spiro atoms. The molecule has 0 atom stereocenters. The minimum Gasteiger partial charge on any atom is -0.488 e. The lowest BCUT2D eigenvalue weighted by Gasteiger charge is -2.11. The fourth-order valence-corrected chi connectivity index (χ4v) is 3.10. The van der Waals surface area contributed by atoms with Crippen LogP contribution < -0.4 is 9.47 Å². The molecule has 0 unspecified atom stereocenters. The zero-order chi connectivity index (χ0) is 19.7. The third-order valence-electron chi connectivity index (χ3n) is 4.51. The molecule has 1 heterocycles. The summed E-state index contributed by atoms with van der Waals surface area (Å²) in [5, 5.41) is 0.671. The molecule has 0 saturated carbocycles. The number of carbonyl (C=O) groups excluding carboxylic acids is 1. The second kappa shape index (κ2) is 7.49. The fourth-order valence-electron chi connectivity index (χ4n) is 2.98. The van der Waals surface area contributed by atoms with E-state index in [-0.39, 0.29) is 17.4 Å². The number of fused-ring (bicyclic) bond motifs is 1. The Kier molecular flexibility index (Phi) is 4.88. The molecule has 1 aliphatic heterocycles. The first kappa shape index (κ1) is 18.3. The van der Waals surface area contributed by atoms with Crippen LogP contribution in [-0.2, 0) is 6.61 Å². The van der Waals surface area contributed by atoms with Crippen LogP contribution in [0.5, 0.6) is 11.5 Å². The van der Waals surface area contributed by atoms with Crippen LogP contribution in [0.25, 0.3) is 6.08 Å². The van der Waals surface area contributed by atoms with Crippen molar-refractivity contribution in [3.05, 3.63) is 99.5 Å². The number of carbonyl (C=O) groups is 1. The quantitative estimate of drug-likeness (QED) is 0.510. The first-order valence-corrected chi connectivity index (χ1v) is 9.10. The van der Waals surface area contributed by atoms with E-state index in [1.165, 1.54) is 12.1 Å². The Labute approximate surface area is 167 Å². The lowest BCUT2D eigenvalue weighted by molar-refractivity contribution is 0.101. The first-order chi connectivity index (χ1) is 13.5. The van der Waals surface area contributed by atoms with E-state index in [0.717, 1.165) is 11.1 Å². The van der Waals surface area contributed by atoms with Crippen molar-refractivity contribution in [2.45, 2.75) is 13.5 Å². The summed E-state index contributed by atoms with van der Waals surface area (Å²) in [6.45, 7) is 2.23. The zero-order valence-corrected chi connectivity index (χ0v) is 15.8. The largest absolute Gasteiger partial charge is 0.488 e. The lowest BCUT2D eigenvalue weighted by Crippen LogP contribution is -1.98. The SMILES string of the molecule is Cc1c(OCc2ccc(Cl)cc2)ccc2c1O/C(=C\c1ccc(F)cc1)C2=O. The Morgan fingerprint density at radius 3 is 2.46 bits per heavy atom. The molecule has 3 nitrogen and oxygen atoms in total. The molecule has 4 rings (SSSR count). The number of hydrogen-bond acceptors (Lipinski definition) is 3. The van der Waals surface area contributed by atoms with Crippen LogP contribution in [0.1, 0.15) is 27.0 Å². The second-order valence-electron chi connectivity index (χ2n) is 6.47. The molecule has 0 amide bonds. The third-order valence-corrected chi connectivity index (χ3v) is 4.76. The summed E-state index contributed by atoms with van der Waals surface area (Å²) in [6.07, 6.45) is 1.61. The van der Waals surface area contributed by atoms with Gasteiger partial charge in [-0.15, -0.1) is 0 Å². The first-order valence-electron chi connectivity index (χ1n) is 8.72. The molecule has 0 N–H and O–H groups in total. The molecular weight excluding hydrogens is 379 g/mol. The van der Waals surface area contributed by atoms with Gasteiger partial charge in [0.1, 0.15) is 23.9 Å². The van der Waals surface area contributed by atoms with E-state index < -0.39 is 0 Å². The van der Waals surface area contributed by atoms with Crippen LogP contribution in [0.3, 0.4) is 0 Å². The molecule has 0 aromatic heterocycles. The van der Waals surface area contributed by atoms with Crippen molar-refractivity contribution in [1.29, 1.82) is 0 Å². The summed E-state index contributed by atoms with van der Waals surface area (Å²) < 4.78 is 24.8. The van der Waals surface area contributed by atoms with Crippen molar-refractivity contribution in [3.8, 4) is 11.5 Å². The van der Waals surface area contributed by atoms with Crippen molar-refractivity contribution in [3.63, 3.8) is 0 Å². The topological polar surface area (TPSA) is 35.5 Å². The summed E-state index contributed by atoms with van der Waals surface area (Å²) in [5.41, 5.74) is 2.92. The highest BCUT2D eigenvalue weighted by atomic mass is 35.5. The van der Waals surface area contributed by atoms with Gasteiger partial charge >= 0.3 is 0 Å². The normalized spacial score (nSPS) is 14.1.